The second kappa shape index (κ2) is 6.08. The molecule has 2 nitrogen and oxygen atoms in total. The number of alkyl halides is 3. The molecule has 1 unspecified atom stereocenters. The number of ether oxygens (including phenoxy) is 1. The molecule has 0 aliphatic rings. The van der Waals surface area contributed by atoms with Gasteiger partial charge in [-0.25, -0.2) is 0 Å². The zero-order chi connectivity index (χ0) is 15.5. The van der Waals surface area contributed by atoms with Gasteiger partial charge in [-0.2, -0.15) is 0 Å². The predicted molar refractivity (Wildman–Crippen MR) is 76.3 cm³/mol. The minimum atomic E-state index is -4.66. The van der Waals surface area contributed by atoms with Crippen LogP contribution in [0.2, 0.25) is 0 Å². The third kappa shape index (κ3) is 4.41. The van der Waals surface area contributed by atoms with E-state index in [1.54, 1.807) is 12.1 Å². The van der Waals surface area contributed by atoms with E-state index in [0.717, 1.165) is 16.8 Å². The normalized spacial score (nSPS) is 12.8. The van der Waals surface area contributed by atoms with Gasteiger partial charge < -0.3 is 10.1 Å². The van der Waals surface area contributed by atoms with Crippen LogP contribution in [0.1, 0.15) is 24.1 Å². The van der Waals surface area contributed by atoms with Gasteiger partial charge in [-0.15, -0.1) is 13.2 Å². The fourth-order valence-corrected chi connectivity index (χ4v) is 2.15. The van der Waals surface area contributed by atoms with Crippen molar-refractivity contribution in [1.29, 1.82) is 0 Å². The van der Waals surface area contributed by atoms with Gasteiger partial charge in [0.1, 0.15) is 5.75 Å². The Labute approximate surface area is 121 Å². The van der Waals surface area contributed by atoms with E-state index in [1.807, 2.05) is 38.1 Å². The lowest BCUT2D eigenvalue weighted by atomic mass is 10.0. The molecule has 21 heavy (non-hydrogen) atoms. The quantitative estimate of drug-likeness (QED) is 0.850. The number of benzene rings is 2. The second-order valence-corrected chi connectivity index (χ2v) is 4.79. The number of aryl methyl sites for hydroxylation is 1. The van der Waals surface area contributed by atoms with Gasteiger partial charge in [-0.1, -0.05) is 24.3 Å². The zero-order valence-electron chi connectivity index (χ0n) is 11.7. The van der Waals surface area contributed by atoms with E-state index >= 15 is 0 Å². The van der Waals surface area contributed by atoms with Crippen molar-refractivity contribution in [1.82, 2.24) is 0 Å². The predicted octanol–water partition coefficient (Wildman–Crippen LogP) is 5.07. The monoisotopic (exact) mass is 295 g/mol. The molecule has 0 aliphatic carbocycles. The van der Waals surface area contributed by atoms with E-state index in [0.29, 0.717) is 0 Å². The molecule has 112 valence electrons. The van der Waals surface area contributed by atoms with Crippen molar-refractivity contribution < 1.29 is 17.9 Å². The maximum atomic E-state index is 12.1. The van der Waals surface area contributed by atoms with Gasteiger partial charge in [0.2, 0.25) is 0 Å². The van der Waals surface area contributed by atoms with Crippen molar-refractivity contribution in [3.8, 4) is 5.75 Å². The van der Waals surface area contributed by atoms with Crippen LogP contribution in [0.15, 0.2) is 48.5 Å². The number of anilines is 1. The molecule has 0 spiro atoms. The van der Waals surface area contributed by atoms with Crippen molar-refractivity contribution in [3.63, 3.8) is 0 Å². The molecule has 0 saturated carbocycles. The minimum Gasteiger partial charge on any atom is -0.406 e. The SMILES string of the molecule is Cc1ccccc1C(C)Nc1ccc(OC(F)(F)F)cc1. The number of hydrogen-bond donors (Lipinski definition) is 1. The molecule has 1 atom stereocenters. The lowest BCUT2D eigenvalue weighted by Crippen LogP contribution is -2.17. The Hall–Kier alpha value is -2.17. The number of rotatable bonds is 4. The first kappa shape index (κ1) is 15.2. The highest BCUT2D eigenvalue weighted by Gasteiger charge is 2.30. The second-order valence-electron chi connectivity index (χ2n) is 4.79. The van der Waals surface area contributed by atoms with Crippen LogP contribution in [0.4, 0.5) is 18.9 Å². The minimum absolute atomic E-state index is 0.0561. The summed E-state index contributed by atoms with van der Waals surface area (Å²) in [6.45, 7) is 4.02. The number of nitrogens with one attached hydrogen (secondary N) is 1. The summed E-state index contributed by atoms with van der Waals surface area (Å²) in [5.74, 6) is -0.225. The summed E-state index contributed by atoms with van der Waals surface area (Å²) >= 11 is 0. The van der Waals surface area contributed by atoms with Gasteiger partial charge in [0.15, 0.2) is 0 Å². The highest BCUT2D eigenvalue weighted by Crippen LogP contribution is 2.26. The summed E-state index contributed by atoms with van der Waals surface area (Å²) in [7, 11) is 0. The number of halogens is 3. The van der Waals surface area contributed by atoms with E-state index in [1.165, 1.54) is 12.1 Å². The molecule has 0 radical (unpaired) electrons. The van der Waals surface area contributed by atoms with Crippen molar-refractivity contribution in [2.45, 2.75) is 26.3 Å². The highest BCUT2D eigenvalue weighted by atomic mass is 19.4. The molecule has 0 aliphatic heterocycles. The fraction of sp³-hybridized carbons (Fsp3) is 0.250. The highest BCUT2D eigenvalue weighted by molar-refractivity contribution is 5.48. The first-order valence-corrected chi connectivity index (χ1v) is 6.53. The molecule has 2 aromatic rings. The average molecular weight is 295 g/mol. The van der Waals surface area contributed by atoms with Crippen LogP contribution in [0.5, 0.6) is 5.75 Å². The lowest BCUT2D eigenvalue weighted by molar-refractivity contribution is -0.274. The molecule has 1 N–H and O–H groups in total. The average Bonchev–Trinajstić information content (AvgIpc) is 2.40. The van der Waals surface area contributed by atoms with Crippen molar-refractivity contribution in [2.24, 2.45) is 0 Å². The molecule has 0 heterocycles. The Bertz CT molecular complexity index is 593. The fourth-order valence-electron chi connectivity index (χ4n) is 2.15. The molecule has 0 amide bonds. The summed E-state index contributed by atoms with van der Waals surface area (Å²) in [4.78, 5) is 0. The molecular formula is C16H16F3NO. The van der Waals surface area contributed by atoms with Crippen LogP contribution >= 0.6 is 0 Å². The van der Waals surface area contributed by atoms with Gasteiger partial charge in [0.25, 0.3) is 0 Å². The molecule has 0 saturated heterocycles. The summed E-state index contributed by atoms with van der Waals surface area (Å²) in [5, 5.41) is 3.25. The Kier molecular flexibility index (Phi) is 4.40. The Balaban J connectivity index is 2.05. The molecule has 0 fully saturated rings. The van der Waals surface area contributed by atoms with E-state index in [9.17, 15) is 13.2 Å². The van der Waals surface area contributed by atoms with Gasteiger partial charge >= 0.3 is 6.36 Å². The third-order valence-electron chi connectivity index (χ3n) is 3.13. The topological polar surface area (TPSA) is 21.3 Å². The Morgan fingerprint density at radius 1 is 1.00 bits per heavy atom. The van der Waals surface area contributed by atoms with E-state index in [4.69, 9.17) is 0 Å². The first-order valence-electron chi connectivity index (χ1n) is 6.53. The third-order valence-corrected chi connectivity index (χ3v) is 3.13. The van der Waals surface area contributed by atoms with Gasteiger partial charge in [-0.05, 0) is 49.2 Å². The van der Waals surface area contributed by atoms with Crippen LogP contribution < -0.4 is 10.1 Å². The van der Waals surface area contributed by atoms with Crippen molar-refractivity contribution in [3.05, 3.63) is 59.7 Å². The molecule has 0 aromatic heterocycles. The van der Waals surface area contributed by atoms with Crippen LogP contribution in [0.3, 0.4) is 0 Å². The van der Waals surface area contributed by atoms with Crippen LogP contribution in [-0.2, 0) is 0 Å². The van der Waals surface area contributed by atoms with E-state index in [2.05, 4.69) is 10.1 Å². The Morgan fingerprint density at radius 3 is 2.19 bits per heavy atom. The largest absolute Gasteiger partial charge is 0.573 e. The zero-order valence-corrected chi connectivity index (χ0v) is 11.7. The van der Waals surface area contributed by atoms with Crippen LogP contribution in [-0.4, -0.2) is 6.36 Å². The van der Waals surface area contributed by atoms with Crippen LogP contribution in [0.25, 0.3) is 0 Å². The Morgan fingerprint density at radius 2 is 1.62 bits per heavy atom. The maximum absolute atomic E-state index is 12.1. The number of hydrogen-bond acceptors (Lipinski definition) is 2. The standard InChI is InChI=1S/C16H16F3NO/c1-11-5-3-4-6-15(11)12(2)20-13-7-9-14(10-8-13)21-16(17,18)19/h3-10,12,20H,1-2H3. The van der Waals surface area contributed by atoms with Gasteiger partial charge in [0.05, 0.1) is 0 Å². The summed E-state index contributed by atoms with van der Waals surface area (Å²) < 4.78 is 40.1. The lowest BCUT2D eigenvalue weighted by Gasteiger charge is -2.18. The summed E-state index contributed by atoms with van der Waals surface area (Å²) in [5.41, 5.74) is 3.04. The summed E-state index contributed by atoms with van der Waals surface area (Å²) in [6, 6.07) is 13.7. The smallest absolute Gasteiger partial charge is 0.406 e. The van der Waals surface area contributed by atoms with Gasteiger partial charge in [-0.3, -0.25) is 0 Å². The summed E-state index contributed by atoms with van der Waals surface area (Å²) in [6.07, 6.45) is -4.66. The molecule has 0 bridgehead atoms. The first-order chi connectivity index (χ1) is 9.85. The van der Waals surface area contributed by atoms with Crippen molar-refractivity contribution in [2.75, 3.05) is 5.32 Å². The molecule has 2 rings (SSSR count). The van der Waals surface area contributed by atoms with E-state index < -0.39 is 6.36 Å². The van der Waals surface area contributed by atoms with E-state index in [-0.39, 0.29) is 11.8 Å². The van der Waals surface area contributed by atoms with Crippen molar-refractivity contribution >= 4 is 5.69 Å². The van der Waals surface area contributed by atoms with Gasteiger partial charge in [0, 0.05) is 11.7 Å². The molecule has 5 heteroatoms. The van der Waals surface area contributed by atoms with Crippen LogP contribution in [0, 0.1) is 6.92 Å². The maximum Gasteiger partial charge on any atom is 0.573 e. The molecule has 2 aromatic carbocycles. The molecular weight excluding hydrogens is 279 g/mol.